The molecule has 1 aromatic heterocycles. The van der Waals surface area contributed by atoms with Crippen LogP contribution in [0.1, 0.15) is 50.2 Å². The highest BCUT2D eigenvalue weighted by atomic mass is 35.5. The number of ether oxygens (including phenoxy) is 2. The molecule has 0 radical (unpaired) electrons. The van der Waals surface area contributed by atoms with Gasteiger partial charge in [-0.15, -0.1) is 23.7 Å². The SMILES string of the molecule is CCN(CC)C(C)Oc1ccc(-c2ccc(C(=O)NCCN3CCCC3C)s2)cc1OC.Cl. The summed E-state index contributed by atoms with van der Waals surface area (Å²) in [5.74, 6) is 1.41. The van der Waals surface area contributed by atoms with Crippen LogP contribution >= 0.6 is 23.7 Å². The lowest BCUT2D eigenvalue weighted by Crippen LogP contribution is -2.36. The van der Waals surface area contributed by atoms with Crippen LogP contribution in [-0.2, 0) is 0 Å². The maximum Gasteiger partial charge on any atom is 0.261 e. The van der Waals surface area contributed by atoms with Crippen LogP contribution in [0.25, 0.3) is 10.4 Å². The number of benzene rings is 1. The molecule has 0 spiro atoms. The van der Waals surface area contributed by atoms with E-state index in [0.717, 1.165) is 47.2 Å². The minimum Gasteiger partial charge on any atom is -0.493 e. The van der Waals surface area contributed by atoms with E-state index in [1.54, 1.807) is 7.11 Å². The van der Waals surface area contributed by atoms with Crippen LogP contribution in [0.15, 0.2) is 30.3 Å². The number of hydrogen-bond donors (Lipinski definition) is 1. The van der Waals surface area contributed by atoms with Gasteiger partial charge in [-0.1, -0.05) is 13.8 Å². The van der Waals surface area contributed by atoms with Gasteiger partial charge < -0.3 is 14.8 Å². The van der Waals surface area contributed by atoms with Crippen molar-refractivity contribution in [3.8, 4) is 21.9 Å². The zero-order valence-electron chi connectivity index (χ0n) is 20.4. The van der Waals surface area contributed by atoms with E-state index in [1.165, 1.54) is 24.2 Å². The number of carbonyl (C=O) groups excluding carboxylic acids is 1. The average molecular weight is 496 g/mol. The molecule has 1 aliphatic rings. The molecule has 2 aromatic rings. The van der Waals surface area contributed by atoms with Crippen molar-refractivity contribution in [1.29, 1.82) is 0 Å². The van der Waals surface area contributed by atoms with Gasteiger partial charge in [-0.2, -0.15) is 0 Å². The van der Waals surface area contributed by atoms with Crippen molar-refractivity contribution < 1.29 is 14.3 Å². The molecule has 6 nitrogen and oxygen atoms in total. The number of halogens is 1. The second kappa shape index (κ2) is 13.2. The van der Waals surface area contributed by atoms with Crippen LogP contribution in [0.4, 0.5) is 0 Å². The number of rotatable bonds is 11. The van der Waals surface area contributed by atoms with E-state index in [1.807, 2.05) is 30.3 Å². The minimum atomic E-state index is -0.0367. The molecule has 184 valence electrons. The lowest BCUT2D eigenvalue weighted by atomic mass is 10.1. The molecular weight excluding hydrogens is 458 g/mol. The average Bonchev–Trinajstić information content (AvgIpc) is 3.44. The lowest BCUT2D eigenvalue weighted by molar-refractivity contribution is 0.0458. The summed E-state index contributed by atoms with van der Waals surface area (Å²) < 4.78 is 11.7. The van der Waals surface area contributed by atoms with E-state index < -0.39 is 0 Å². The van der Waals surface area contributed by atoms with E-state index in [-0.39, 0.29) is 24.5 Å². The molecule has 0 saturated carbocycles. The summed E-state index contributed by atoms with van der Waals surface area (Å²) in [5, 5.41) is 3.07. The predicted octanol–water partition coefficient (Wildman–Crippen LogP) is 5.13. The summed E-state index contributed by atoms with van der Waals surface area (Å²) in [6.45, 7) is 13.1. The third-order valence-corrected chi connectivity index (χ3v) is 7.41. The van der Waals surface area contributed by atoms with Crippen molar-refractivity contribution in [2.45, 2.75) is 52.8 Å². The van der Waals surface area contributed by atoms with Crippen LogP contribution < -0.4 is 14.8 Å². The van der Waals surface area contributed by atoms with Gasteiger partial charge >= 0.3 is 0 Å². The summed E-state index contributed by atoms with van der Waals surface area (Å²) in [7, 11) is 1.66. The number of amides is 1. The van der Waals surface area contributed by atoms with Crippen molar-refractivity contribution in [3.63, 3.8) is 0 Å². The number of likely N-dealkylation sites (tertiary alicyclic amines) is 1. The summed E-state index contributed by atoms with van der Waals surface area (Å²) in [5.41, 5.74) is 1.01. The molecule has 0 bridgehead atoms. The molecule has 2 unspecified atom stereocenters. The predicted molar refractivity (Wildman–Crippen MR) is 139 cm³/mol. The first-order valence-electron chi connectivity index (χ1n) is 11.7. The van der Waals surface area contributed by atoms with E-state index in [4.69, 9.17) is 9.47 Å². The Hall–Kier alpha value is -1.80. The quantitative estimate of drug-likeness (QED) is 0.438. The van der Waals surface area contributed by atoms with E-state index in [2.05, 4.69) is 42.8 Å². The van der Waals surface area contributed by atoms with Crippen molar-refractivity contribution in [3.05, 3.63) is 35.2 Å². The zero-order chi connectivity index (χ0) is 23.1. The van der Waals surface area contributed by atoms with Crippen LogP contribution in [0.3, 0.4) is 0 Å². The van der Waals surface area contributed by atoms with Crippen molar-refractivity contribution in [1.82, 2.24) is 15.1 Å². The molecule has 1 amide bonds. The molecule has 33 heavy (non-hydrogen) atoms. The first-order valence-corrected chi connectivity index (χ1v) is 12.5. The Bertz CT molecular complexity index is 888. The summed E-state index contributed by atoms with van der Waals surface area (Å²) in [6.07, 6.45) is 2.47. The largest absolute Gasteiger partial charge is 0.493 e. The third-order valence-electron chi connectivity index (χ3n) is 6.28. The molecule has 2 atom stereocenters. The van der Waals surface area contributed by atoms with Crippen LogP contribution in [0, 0.1) is 0 Å². The number of hydrogen-bond acceptors (Lipinski definition) is 6. The molecule has 0 aliphatic carbocycles. The number of thiophene rings is 1. The third kappa shape index (κ3) is 7.09. The smallest absolute Gasteiger partial charge is 0.261 e. The fourth-order valence-electron chi connectivity index (χ4n) is 4.25. The maximum atomic E-state index is 12.6. The van der Waals surface area contributed by atoms with E-state index >= 15 is 0 Å². The van der Waals surface area contributed by atoms with Crippen LogP contribution in [-0.4, -0.2) is 67.8 Å². The number of nitrogens with zero attached hydrogens (tertiary/aromatic N) is 2. The summed E-state index contributed by atoms with van der Waals surface area (Å²) in [4.78, 5) is 19.0. The molecule has 1 aliphatic heterocycles. The van der Waals surface area contributed by atoms with Gasteiger partial charge in [-0.05, 0) is 82.2 Å². The Morgan fingerprint density at radius 1 is 1.24 bits per heavy atom. The molecular formula is C25H38ClN3O3S. The van der Waals surface area contributed by atoms with Gasteiger partial charge in [0.1, 0.15) is 6.23 Å². The molecule has 8 heteroatoms. The number of carbonyl (C=O) groups is 1. The van der Waals surface area contributed by atoms with Gasteiger partial charge in [-0.25, -0.2) is 0 Å². The van der Waals surface area contributed by atoms with Crippen LogP contribution in [0.2, 0.25) is 0 Å². The first-order chi connectivity index (χ1) is 15.5. The van der Waals surface area contributed by atoms with Crippen molar-refractivity contribution in [2.75, 3.05) is 39.8 Å². The number of methoxy groups -OCH3 is 1. The van der Waals surface area contributed by atoms with Crippen molar-refractivity contribution in [2.24, 2.45) is 0 Å². The Kier molecular flexibility index (Phi) is 11.0. The maximum absolute atomic E-state index is 12.6. The fraction of sp³-hybridized carbons (Fsp3) is 0.560. The second-order valence-corrected chi connectivity index (χ2v) is 9.33. The van der Waals surface area contributed by atoms with E-state index in [9.17, 15) is 4.79 Å². The molecule has 1 N–H and O–H groups in total. The summed E-state index contributed by atoms with van der Waals surface area (Å²) >= 11 is 1.50. The van der Waals surface area contributed by atoms with Gasteiger partial charge in [-0.3, -0.25) is 14.6 Å². The monoisotopic (exact) mass is 495 g/mol. The Labute approximate surface area is 208 Å². The van der Waals surface area contributed by atoms with E-state index in [0.29, 0.717) is 18.3 Å². The van der Waals surface area contributed by atoms with Gasteiger partial charge in [0, 0.05) is 24.0 Å². The Morgan fingerprint density at radius 3 is 2.64 bits per heavy atom. The molecule has 2 heterocycles. The fourth-order valence-corrected chi connectivity index (χ4v) is 5.17. The molecule has 1 fully saturated rings. The Balaban J connectivity index is 0.00000385. The van der Waals surface area contributed by atoms with Gasteiger partial charge in [0.05, 0.1) is 12.0 Å². The minimum absolute atomic E-state index is 0. The first kappa shape index (κ1) is 27.4. The van der Waals surface area contributed by atoms with Gasteiger partial charge in [0.2, 0.25) is 0 Å². The Morgan fingerprint density at radius 2 is 2.00 bits per heavy atom. The molecule has 3 rings (SSSR count). The standard InChI is InChI=1S/C25H37N3O3S.ClH/c1-6-27(7-2)19(4)31-21-11-10-20(17-22(21)30-5)23-12-13-24(32-23)25(29)26-14-16-28-15-8-9-18(28)3;/h10-13,17-19H,6-9,14-16H2,1-5H3,(H,26,29);1H. The normalized spacial score (nSPS) is 17.0. The van der Waals surface area contributed by atoms with Crippen LogP contribution in [0.5, 0.6) is 11.5 Å². The van der Waals surface area contributed by atoms with Gasteiger partial charge in [0.25, 0.3) is 5.91 Å². The highest BCUT2D eigenvalue weighted by Gasteiger charge is 2.20. The summed E-state index contributed by atoms with van der Waals surface area (Å²) in [6, 6.07) is 10.5. The molecule has 1 saturated heterocycles. The van der Waals surface area contributed by atoms with Gasteiger partial charge in [0.15, 0.2) is 11.5 Å². The van der Waals surface area contributed by atoms with Crippen molar-refractivity contribution >= 4 is 29.7 Å². The second-order valence-electron chi connectivity index (χ2n) is 8.25. The highest BCUT2D eigenvalue weighted by molar-refractivity contribution is 7.17. The topological polar surface area (TPSA) is 54.0 Å². The number of nitrogens with one attached hydrogen (secondary N) is 1. The molecule has 1 aromatic carbocycles. The lowest BCUT2D eigenvalue weighted by Gasteiger charge is -2.27. The zero-order valence-corrected chi connectivity index (χ0v) is 22.1. The highest BCUT2D eigenvalue weighted by Crippen LogP contribution is 2.36.